The molecule has 114 valence electrons. The van der Waals surface area contributed by atoms with Gasteiger partial charge in [-0.15, -0.1) is 0 Å². The topological polar surface area (TPSA) is 70.5 Å². The van der Waals surface area contributed by atoms with E-state index in [4.69, 9.17) is 20.9 Å². The second kappa shape index (κ2) is 8.82. The van der Waals surface area contributed by atoms with Crippen LogP contribution in [-0.2, 0) is 0 Å². The molecule has 1 atom stereocenters. The predicted octanol–water partition coefficient (Wildman–Crippen LogP) is 2.51. The van der Waals surface area contributed by atoms with Gasteiger partial charge in [-0.25, -0.2) is 0 Å². The van der Waals surface area contributed by atoms with Gasteiger partial charge in [0.1, 0.15) is 0 Å². The summed E-state index contributed by atoms with van der Waals surface area (Å²) in [5.41, 5.74) is 12.8. The van der Waals surface area contributed by atoms with Gasteiger partial charge >= 0.3 is 0 Å². The highest BCUT2D eigenvalue weighted by Gasteiger charge is 2.17. The third-order valence-electron chi connectivity index (χ3n) is 3.74. The summed E-state index contributed by atoms with van der Waals surface area (Å²) >= 11 is 0. The smallest absolute Gasteiger partial charge is 0.161 e. The van der Waals surface area contributed by atoms with Crippen molar-refractivity contribution in [3.05, 3.63) is 23.8 Å². The van der Waals surface area contributed by atoms with Gasteiger partial charge in [0, 0.05) is 0 Å². The van der Waals surface area contributed by atoms with E-state index in [1.807, 2.05) is 13.0 Å². The van der Waals surface area contributed by atoms with Crippen LogP contribution in [-0.4, -0.2) is 26.8 Å². The van der Waals surface area contributed by atoms with Crippen molar-refractivity contribution in [1.82, 2.24) is 0 Å². The number of rotatable bonds is 9. The Balaban J connectivity index is 2.92. The van der Waals surface area contributed by atoms with Crippen molar-refractivity contribution in [2.75, 3.05) is 26.8 Å². The molecule has 0 spiro atoms. The summed E-state index contributed by atoms with van der Waals surface area (Å²) in [7, 11) is 1.67. The van der Waals surface area contributed by atoms with Crippen LogP contribution in [0, 0.1) is 5.92 Å². The highest BCUT2D eigenvalue weighted by Crippen LogP contribution is 2.34. The van der Waals surface area contributed by atoms with Crippen LogP contribution in [0.25, 0.3) is 0 Å². The van der Waals surface area contributed by atoms with Crippen LogP contribution in [0.4, 0.5) is 0 Å². The van der Waals surface area contributed by atoms with Crippen LogP contribution in [0.2, 0.25) is 0 Å². The van der Waals surface area contributed by atoms with E-state index in [0.29, 0.717) is 31.5 Å². The van der Waals surface area contributed by atoms with E-state index in [0.717, 1.165) is 24.3 Å². The monoisotopic (exact) mass is 280 g/mol. The minimum atomic E-state index is 0.373. The zero-order chi connectivity index (χ0) is 15.0. The fourth-order valence-corrected chi connectivity index (χ4v) is 2.44. The van der Waals surface area contributed by atoms with E-state index in [1.54, 1.807) is 7.11 Å². The molecule has 0 saturated heterocycles. The lowest BCUT2D eigenvalue weighted by Gasteiger charge is -2.22. The van der Waals surface area contributed by atoms with E-state index in [2.05, 4.69) is 19.1 Å². The van der Waals surface area contributed by atoms with Crippen molar-refractivity contribution in [2.24, 2.45) is 17.4 Å². The molecule has 4 heteroatoms. The van der Waals surface area contributed by atoms with Crippen LogP contribution < -0.4 is 20.9 Å². The number of nitrogens with two attached hydrogens (primary N) is 2. The molecular formula is C16H28N2O2. The Labute approximate surface area is 122 Å². The average Bonchev–Trinajstić information content (AvgIpc) is 2.49. The first kappa shape index (κ1) is 16.8. The summed E-state index contributed by atoms with van der Waals surface area (Å²) in [5, 5.41) is 0. The Morgan fingerprint density at radius 3 is 2.30 bits per heavy atom. The summed E-state index contributed by atoms with van der Waals surface area (Å²) in [6.45, 7) is 6.07. The number of benzene rings is 1. The van der Waals surface area contributed by atoms with E-state index in [9.17, 15) is 0 Å². The molecule has 1 aromatic rings. The van der Waals surface area contributed by atoms with E-state index >= 15 is 0 Å². The second-order valence-corrected chi connectivity index (χ2v) is 5.02. The molecule has 1 aromatic carbocycles. The first-order chi connectivity index (χ1) is 9.69. The largest absolute Gasteiger partial charge is 0.493 e. The highest BCUT2D eigenvalue weighted by atomic mass is 16.5. The summed E-state index contributed by atoms with van der Waals surface area (Å²) in [4.78, 5) is 0. The highest BCUT2D eigenvalue weighted by molar-refractivity contribution is 5.44. The van der Waals surface area contributed by atoms with Crippen molar-refractivity contribution in [3.63, 3.8) is 0 Å². The average molecular weight is 280 g/mol. The van der Waals surface area contributed by atoms with Gasteiger partial charge in [-0.2, -0.15) is 0 Å². The van der Waals surface area contributed by atoms with E-state index in [-0.39, 0.29) is 0 Å². The lowest BCUT2D eigenvalue weighted by molar-refractivity contribution is 0.310. The first-order valence-corrected chi connectivity index (χ1v) is 7.40. The summed E-state index contributed by atoms with van der Waals surface area (Å²) in [5.74, 6) is 2.41. The molecule has 0 heterocycles. The number of ether oxygens (including phenoxy) is 2. The standard InChI is InChI=1S/C16H28N2O2/c1-4-13(8-12(10-17)11-18)14-6-7-15(20-5-2)16(9-14)19-3/h6-7,9,12-13H,4-5,8,10-11,17-18H2,1-3H3. The molecule has 0 aliphatic heterocycles. The number of hydrogen-bond donors (Lipinski definition) is 2. The number of methoxy groups -OCH3 is 1. The van der Waals surface area contributed by atoms with E-state index < -0.39 is 0 Å². The molecule has 1 unspecified atom stereocenters. The maximum Gasteiger partial charge on any atom is 0.161 e. The molecule has 0 aromatic heterocycles. The maximum absolute atomic E-state index is 5.76. The van der Waals surface area contributed by atoms with Crippen LogP contribution >= 0.6 is 0 Å². The van der Waals surface area contributed by atoms with Crippen LogP contribution in [0.1, 0.15) is 38.2 Å². The maximum atomic E-state index is 5.76. The lowest BCUT2D eigenvalue weighted by atomic mass is 9.87. The molecule has 0 aliphatic carbocycles. The molecule has 0 saturated carbocycles. The summed E-state index contributed by atoms with van der Waals surface area (Å²) in [6.07, 6.45) is 2.08. The Morgan fingerprint density at radius 1 is 1.10 bits per heavy atom. The molecule has 0 radical (unpaired) electrons. The normalized spacial score (nSPS) is 12.5. The molecule has 20 heavy (non-hydrogen) atoms. The zero-order valence-corrected chi connectivity index (χ0v) is 12.9. The lowest BCUT2D eigenvalue weighted by Crippen LogP contribution is -2.25. The van der Waals surface area contributed by atoms with Crippen molar-refractivity contribution in [3.8, 4) is 11.5 Å². The molecule has 0 bridgehead atoms. The Hall–Kier alpha value is -1.26. The summed E-state index contributed by atoms with van der Waals surface area (Å²) < 4.78 is 11.0. The van der Waals surface area contributed by atoms with Gasteiger partial charge in [-0.1, -0.05) is 13.0 Å². The fourth-order valence-electron chi connectivity index (χ4n) is 2.44. The third-order valence-corrected chi connectivity index (χ3v) is 3.74. The van der Waals surface area contributed by atoms with Crippen molar-refractivity contribution in [2.45, 2.75) is 32.6 Å². The van der Waals surface area contributed by atoms with Gasteiger partial charge in [0.25, 0.3) is 0 Å². The zero-order valence-electron chi connectivity index (χ0n) is 12.9. The van der Waals surface area contributed by atoms with Crippen LogP contribution in [0.3, 0.4) is 0 Å². The van der Waals surface area contributed by atoms with Gasteiger partial charge in [-0.05, 0) is 62.4 Å². The fraction of sp³-hybridized carbons (Fsp3) is 0.625. The van der Waals surface area contributed by atoms with Crippen molar-refractivity contribution >= 4 is 0 Å². The minimum absolute atomic E-state index is 0.373. The predicted molar refractivity (Wildman–Crippen MR) is 83.4 cm³/mol. The van der Waals surface area contributed by atoms with Crippen LogP contribution in [0.15, 0.2) is 18.2 Å². The van der Waals surface area contributed by atoms with Gasteiger partial charge in [0.05, 0.1) is 13.7 Å². The number of hydrogen-bond acceptors (Lipinski definition) is 4. The molecule has 0 aliphatic rings. The van der Waals surface area contributed by atoms with Gasteiger partial charge in [0.15, 0.2) is 11.5 Å². The third kappa shape index (κ3) is 4.39. The molecule has 0 fully saturated rings. The van der Waals surface area contributed by atoms with Gasteiger partial charge < -0.3 is 20.9 Å². The summed E-state index contributed by atoms with van der Waals surface area (Å²) in [6, 6.07) is 6.18. The Bertz CT molecular complexity index is 392. The molecule has 0 amide bonds. The quantitative estimate of drug-likeness (QED) is 0.729. The minimum Gasteiger partial charge on any atom is -0.493 e. The second-order valence-electron chi connectivity index (χ2n) is 5.02. The van der Waals surface area contributed by atoms with Crippen molar-refractivity contribution < 1.29 is 9.47 Å². The SMILES string of the molecule is CCOc1ccc(C(CC)CC(CN)CN)cc1OC. The first-order valence-electron chi connectivity index (χ1n) is 7.40. The molecule has 4 nitrogen and oxygen atoms in total. The van der Waals surface area contributed by atoms with Crippen LogP contribution in [0.5, 0.6) is 11.5 Å². The Kier molecular flexibility index (Phi) is 7.41. The molecule has 1 rings (SSSR count). The Morgan fingerprint density at radius 2 is 1.80 bits per heavy atom. The molecule has 4 N–H and O–H groups in total. The van der Waals surface area contributed by atoms with Gasteiger partial charge in [0.2, 0.25) is 0 Å². The van der Waals surface area contributed by atoms with Crippen molar-refractivity contribution in [1.29, 1.82) is 0 Å². The van der Waals surface area contributed by atoms with E-state index in [1.165, 1.54) is 5.56 Å². The molecular weight excluding hydrogens is 252 g/mol. The van der Waals surface area contributed by atoms with Gasteiger partial charge in [-0.3, -0.25) is 0 Å².